The number of fused-ring (bicyclic) bond motifs is 1. The summed E-state index contributed by atoms with van der Waals surface area (Å²) in [5.41, 5.74) is 5.21. The smallest absolute Gasteiger partial charge is 0.164 e. The molecule has 0 atom stereocenters. The minimum atomic E-state index is 0.621. The minimum absolute atomic E-state index is 0.621. The van der Waals surface area contributed by atoms with Crippen molar-refractivity contribution in [1.82, 2.24) is 9.97 Å². The highest BCUT2D eigenvalue weighted by molar-refractivity contribution is 5.82. The van der Waals surface area contributed by atoms with Crippen LogP contribution in [0.4, 0.5) is 0 Å². The number of imidazole rings is 1. The number of aromatic amines is 1. The van der Waals surface area contributed by atoms with E-state index < -0.39 is 0 Å². The number of hydrogen-bond donors (Lipinski definition) is 1. The van der Waals surface area contributed by atoms with Crippen LogP contribution >= 0.6 is 0 Å². The number of aromatic nitrogens is 2. The summed E-state index contributed by atoms with van der Waals surface area (Å²) in [6.07, 6.45) is 0. The zero-order valence-electron chi connectivity index (χ0n) is 14.0. The molecule has 1 aromatic heterocycles. The largest absolute Gasteiger partial charge is 0.496 e. The van der Waals surface area contributed by atoms with Crippen LogP contribution in [0.2, 0.25) is 0 Å². The number of benzene rings is 2. The van der Waals surface area contributed by atoms with E-state index >= 15 is 0 Å². The molecule has 1 heterocycles. The summed E-state index contributed by atoms with van der Waals surface area (Å²) in [6.45, 7) is 4.17. The van der Waals surface area contributed by atoms with Crippen LogP contribution in [-0.4, -0.2) is 31.3 Å². The zero-order valence-corrected chi connectivity index (χ0v) is 14.0. The molecule has 0 fully saturated rings. The van der Waals surface area contributed by atoms with Crippen molar-refractivity contribution in [2.24, 2.45) is 0 Å². The van der Waals surface area contributed by atoms with Crippen LogP contribution in [0.3, 0.4) is 0 Å². The van der Waals surface area contributed by atoms with Crippen molar-refractivity contribution in [1.29, 1.82) is 0 Å². The van der Waals surface area contributed by atoms with Gasteiger partial charge in [0.2, 0.25) is 0 Å². The summed E-state index contributed by atoms with van der Waals surface area (Å²) >= 11 is 0. The SMILES string of the molecule is COc1cc(OC)c(-c2nc3cc(C)c(C)cc3[nH]2)cc1OC. The second-order valence-electron chi connectivity index (χ2n) is 5.45. The van der Waals surface area contributed by atoms with E-state index in [0.717, 1.165) is 22.4 Å². The van der Waals surface area contributed by atoms with Crippen molar-refractivity contribution in [3.8, 4) is 28.6 Å². The molecule has 2 aromatic carbocycles. The average Bonchev–Trinajstić information content (AvgIpc) is 2.96. The Kier molecular flexibility index (Phi) is 3.86. The normalized spacial score (nSPS) is 10.8. The van der Waals surface area contributed by atoms with Crippen molar-refractivity contribution in [3.63, 3.8) is 0 Å². The maximum absolute atomic E-state index is 5.49. The molecule has 0 unspecified atom stereocenters. The van der Waals surface area contributed by atoms with Gasteiger partial charge in [-0.3, -0.25) is 0 Å². The number of H-pyrrole nitrogens is 1. The molecule has 5 heteroatoms. The van der Waals surface area contributed by atoms with Gasteiger partial charge in [0.05, 0.1) is 37.9 Å². The van der Waals surface area contributed by atoms with E-state index in [-0.39, 0.29) is 0 Å². The summed E-state index contributed by atoms with van der Waals surface area (Å²) in [4.78, 5) is 8.05. The molecule has 0 aliphatic rings. The molecule has 0 amide bonds. The Morgan fingerprint density at radius 3 is 2.04 bits per heavy atom. The van der Waals surface area contributed by atoms with Gasteiger partial charge < -0.3 is 19.2 Å². The second kappa shape index (κ2) is 5.83. The summed E-state index contributed by atoms with van der Waals surface area (Å²) in [5, 5.41) is 0. The molecule has 0 radical (unpaired) electrons. The Balaban J connectivity index is 2.21. The molecule has 0 saturated carbocycles. The first-order chi connectivity index (χ1) is 11.1. The topological polar surface area (TPSA) is 56.4 Å². The Labute approximate surface area is 135 Å². The van der Waals surface area contributed by atoms with Crippen molar-refractivity contribution in [3.05, 3.63) is 35.4 Å². The molecule has 1 N–H and O–H groups in total. The third-order valence-electron chi connectivity index (χ3n) is 4.06. The first-order valence-corrected chi connectivity index (χ1v) is 7.34. The number of nitrogens with one attached hydrogen (secondary N) is 1. The fourth-order valence-electron chi connectivity index (χ4n) is 2.61. The summed E-state index contributed by atoms with van der Waals surface area (Å²) in [7, 11) is 4.84. The third kappa shape index (κ3) is 2.59. The molecular formula is C18H20N2O3. The van der Waals surface area contributed by atoms with E-state index in [0.29, 0.717) is 17.2 Å². The number of methoxy groups -OCH3 is 3. The van der Waals surface area contributed by atoms with E-state index in [2.05, 4.69) is 31.0 Å². The Morgan fingerprint density at radius 1 is 0.783 bits per heavy atom. The molecule has 120 valence electrons. The van der Waals surface area contributed by atoms with Gasteiger partial charge >= 0.3 is 0 Å². The molecule has 0 spiro atoms. The van der Waals surface area contributed by atoms with Crippen LogP contribution in [0, 0.1) is 13.8 Å². The van der Waals surface area contributed by atoms with Gasteiger partial charge in [-0.25, -0.2) is 4.98 Å². The maximum Gasteiger partial charge on any atom is 0.164 e. The van der Waals surface area contributed by atoms with Crippen LogP contribution < -0.4 is 14.2 Å². The van der Waals surface area contributed by atoms with Crippen LogP contribution in [0.25, 0.3) is 22.4 Å². The highest BCUT2D eigenvalue weighted by Gasteiger charge is 2.16. The van der Waals surface area contributed by atoms with E-state index in [1.807, 2.05) is 6.07 Å². The molecule has 3 aromatic rings. The molecule has 3 rings (SSSR count). The van der Waals surface area contributed by atoms with Gasteiger partial charge in [0.15, 0.2) is 11.5 Å². The Bertz CT molecular complexity index is 829. The van der Waals surface area contributed by atoms with Crippen molar-refractivity contribution >= 4 is 11.0 Å². The van der Waals surface area contributed by atoms with E-state index in [4.69, 9.17) is 19.2 Å². The van der Waals surface area contributed by atoms with Crippen LogP contribution in [0.1, 0.15) is 11.1 Å². The van der Waals surface area contributed by atoms with Crippen LogP contribution in [-0.2, 0) is 0 Å². The first kappa shape index (κ1) is 15.2. The lowest BCUT2D eigenvalue weighted by atomic mass is 10.1. The summed E-state index contributed by atoms with van der Waals surface area (Å²) < 4.78 is 16.2. The number of hydrogen-bond acceptors (Lipinski definition) is 4. The highest BCUT2D eigenvalue weighted by Crippen LogP contribution is 2.39. The minimum Gasteiger partial charge on any atom is -0.496 e. The fraction of sp³-hybridized carbons (Fsp3) is 0.278. The lowest BCUT2D eigenvalue weighted by Gasteiger charge is -2.12. The molecular weight excluding hydrogens is 292 g/mol. The monoisotopic (exact) mass is 312 g/mol. The van der Waals surface area contributed by atoms with Crippen LogP contribution in [0.15, 0.2) is 24.3 Å². The molecule has 23 heavy (non-hydrogen) atoms. The van der Waals surface area contributed by atoms with Crippen LogP contribution in [0.5, 0.6) is 17.2 Å². The number of ether oxygens (including phenoxy) is 3. The van der Waals surface area contributed by atoms with Gasteiger partial charge in [-0.05, 0) is 43.2 Å². The van der Waals surface area contributed by atoms with E-state index in [1.54, 1.807) is 27.4 Å². The van der Waals surface area contributed by atoms with Gasteiger partial charge in [-0.2, -0.15) is 0 Å². The van der Waals surface area contributed by atoms with Gasteiger partial charge in [0.25, 0.3) is 0 Å². The Morgan fingerprint density at radius 2 is 1.39 bits per heavy atom. The second-order valence-corrected chi connectivity index (χ2v) is 5.45. The molecule has 0 saturated heterocycles. The van der Waals surface area contributed by atoms with Crippen molar-refractivity contribution in [2.75, 3.05) is 21.3 Å². The zero-order chi connectivity index (χ0) is 16.6. The van der Waals surface area contributed by atoms with Crippen molar-refractivity contribution < 1.29 is 14.2 Å². The predicted octanol–water partition coefficient (Wildman–Crippen LogP) is 3.87. The first-order valence-electron chi connectivity index (χ1n) is 7.34. The number of rotatable bonds is 4. The molecule has 0 aliphatic heterocycles. The maximum atomic E-state index is 5.49. The van der Waals surface area contributed by atoms with Gasteiger partial charge in [0, 0.05) is 6.07 Å². The number of nitrogens with zero attached hydrogens (tertiary/aromatic N) is 1. The molecule has 0 aliphatic carbocycles. The lowest BCUT2D eigenvalue weighted by Crippen LogP contribution is -1.95. The van der Waals surface area contributed by atoms with Gasteiger partial charge in [0.1, 0.15) is 11.6 Å². The third-order valence-corrected chi connectivity index (χ3v) is 4.06. The lowest BCUT2D eigenvalue weighted by molar-refractivity contribution is 0.349. The Hall–Kier alpha value is -2.69. The fourth-order valence-corrected chi connectivity index (χ4v) is 2.61. The molecule has 0 bridgehead atoms. The van der Waals surface area contributed by atoms with Gasteiger partial charge in [-0.1, -0.05) is 0 Å². The van der Waals surface area contributed by atoms with Crippen molar-refractivity contribution in [2.45, 2.75) is 13.8 Å². The summed E-state index contributed by atoms with van der Waals surface area (Å²) in [5.74, 6) is 2.67. The average molecular weight is 312 g/mol. The number of aryl methyl sites for hydroxylation is 2. The highest BCUT2D eigenvalue weighted by atomic mass is 16.5. The van der Waals surface area contributed by atoms with E-state index in [1.165, 1.54) is 11.1 Å². The molecule has 5 nitrogen and oxygen atoms in total. The predicted molar refractivity (Wildman–Crippen MR) is 90.7 cm³/mol. The standard InChI is InChI=1S/C18H20N2O3/c1-10-6-13-14(7-11(10)2)20-18(19-13)12-8-16(22-4)17(23-5)9-15(12)21-3/h6-9H,1-5H3,(H,19,20). The quantitative estimate of drug-likeness (QED) is 0.794. The van der Waals surface area contributed by atoms with E-state index in [9.17, 15) is 0 Å². The van der Waals surface area contributed by atoms with Gasteiger partial charge in [-0.15, -0.1) is 0 Å². The summed E-state index contributed by atoms with van der Waals surface area (Å²) in [6, 6.07) is 7.86.